The third kappa shape index (κ3) is 1.62. The average molecular weight is 314 g/mol. The molecule has 23 heavy (non-hydrogen) atoms. The molecule has 0 radical (unpaired) electrons. The Kier molecular flexibility index (Phi) is 2.55. The molecule has 0 aromatic carbocycles. The second-order valence-corrected chi connectivity index (χ2v) is 8.00. The molecule has 2 atom stereocenters. The molecule has 1 heterocycles. The Balaban J connectivity index is 1.96. The lowest BCUT2D eigenvalue weighted by Crippen LogP contribution is -2.45. The summed E-state index contributed by atoms with van der Waals surface area (Å²) >= 11 is 0. The molecular weight excluding hydrogens is 292 g/mol. The fourth-order valence-corrected chi connectivity index (χ4v) is 4.86. The van der Waals surface area contributed by atoms with E-state index in [2.05, 4.69) is 26.8 Å². The van der Waals surface area contributed by atoms with Crippen molar-refractivity contribution >= 4 is 11.9 Å². The van der Waals surface area contributed by atoms with Crippen LogP contribution in [-0.2, 0) is 19.1 Å². The van der Waals surface area contributed by atoms with Gasteiger partial charge in [0.1, 0.15) is 11.7 Å². The summed E-state index contributed by atoms with van der Waals surface area (Å²) in [6, 6.07) is 0. The second-order valence-electron chi connectivity index (χ2n) is 8.00. The summed E-state index contributed by atoms with van der Waals surface area (Å²) in [7, 11) is 0. The van der Waals surface area contributed by atoms with E-state index in [1.54, 1.807) is 6.08 Å². The first-order valence-electron chi connectivity index (χ1n) is 8.20. The maximum atomic E-state index is 12.0. The van der Waals surface area contributed by atoms with Gasteiger partial charge in [-0.05, 0) is 32.3 Å². The molecule has 0 saturated heterocycles. The van der Waals surface area contributed by atoms with Gasteiger partial charge in [0, 0.05) is 35.0 Å². The predicted octanol–water partition coefficient (Wildman–Crippen LogP) is 3.24. The van der Waals surface area contributed by atoms with Crippen molar-refractivity contribution in [1.82, 2.24) is 0 Å². The molecule has 1 fully saturated rings. The average Bonchev–Trinajstić information content (AvgIpc) is 3.11. The summed E-state index contributed by atoms with van der Waals surface area (Å²) in [4.78, 5) is 23.6. The van der Waals surface area contributed by atoms with Crippen LogP contribution in [-0.4, -0.2) is 23.6 Å². The first-order valence-corrected chi connectivity index (χ1v) is 8.20. The minimum absolute atomic E-state index is 0.128. The maximum absolute atomic E-state index is 12.0. The Morgan fingerprint density at radius 1 is 1.30 bits per heavy atom. The number of hydrogen-bond acceptors (Lipinski definition) is 4. The normalized spacial score (nSPS) is 35.3. The zero-order chi connectivity index (χ0) is 16.8. The minimum atomic E-state index is -0.579. The van der Waals surface area contributed by atoms with Crippen LogP contribution < -0.4 is 0 Å². The molecule has 0 unspecified atom stereocenters. The molecule has 4 nitrogen and oxygen atoms in total. The van der Waals surface area contributed by atoms with Crippen LogP contribution in [0.4, 0.5) is 0 Å². The van der Waals surface area contributed by atoms with Crippen LogP contribution in [0.5, 0.6) is 0 Å². The molecule has 0 aromatic rings. The van der Waals surface area contributed by atoms with Crippen LogP contribution in [0.15, 0.2) is 34.4 Å². The van der Waals surface area contributed by atoms with Gasteiger partial charge in [0.05, 0.1) is 0 Å². The molecule has 0 bridgehead atoms. The topological polar surface area (TPSA) is 52.6 Å². The van der Waals surface area contributed by atoms with E-state index in [4.69, 9.17) is 9.47 Å². The third-order valence-corrected chi connectivity index (χ3v) is 6.18. The highest BCUT2D eigenvalue weighted by molar-refractivity contribution is 5.91. The van der Waals surface area contributed by atoms with E-state index in [0.717, 1.165) is 29.6 Å². The van der Waals surface area contributed by atoms with Crippen molar-refractivity contribution in [2.45, 2.75) is 59.2 Å². The van der Waals surface area contributed by atoms with Gasteiger partial charge in [-0.1, -0.05) is 25.5 Å². The summed E-state index contributed by atoms with van der Waals surface area (Å²) in [5, 5.41) is 0. The summed E-state index contributed by atoms with van der Waals surface area (Å²) in [5.41, 5.74) is 3.29. The highest BCUT2D eigenvalue weighted by Gasteiger charge is 2.68. The molecule has 4 rings (SSSR count). The van der Waals surface area contributed by atoms with Crippen LogP contribution in [0, 0.1) is 10.8 Å². The maximum Gasteiger partial charge on any atom is 0.332 e. The first-order chi connectivity index (χ1) is 10.6. The lowest BCUT2D eigenvalue weighted by atomic mass is 9.66. The van der Waals surface area contributed by atoms with Gasteiger partial charge in [-0.15, -0.1) is 0 Å². The van der Waals surface area contributed by atoms with Gasteiger partial charge in [-0.2, -0.15) is 0 Å². The van der Waals surface area contributed by atoms with Gasteiger partial charge < -0.3 is 9.47 Å². The molecular formula is C19H22O4. The van der Waals surface area contributed by atoms with Crippen molar-refractivity contribution in [2.75, 3.05) is 0 Å². The quantitative estimate of drug-likeness (QED) is 0.697. The van der Waals surface area contributed by atoms with Gasteiger partial charge in [-0.3, -0.25) is 4.79 Å². The molecule has 4 heteroatoms. The summed E-state index contributed by atoms with van der Waals surface area (Å²) in [6.07, 6.45) is 5.48. The minimum Gasteiger partial charge on any atom is -0.457 e. The van der Waals surface area contributed by atoms with Crippen molar-refractivity contribution in [3.05, 3.63) is 34.4 Å². The number of carbonyl (C=O) groups is 2. The SMILES string of the molecule is CC(=O)O[C@@H]1C2=C(C)C3(CC3)[C@@]3(C)OC(=O)C=C3C2=CC1(C)C. The number of rotatable bonds is 1. The molecule has 122 valence electrons. The first kappa shape index (κ1) is 14.7. The van der Waals surface area contributed by atoms with Crippen LogP contribution in [0.3, 0.4) is 0 Å². The van der Waals surface area contributed by atoms with Gasteiger partial charge in [0.2, 0.25) is 0 Å². The van der Waals surface area contributed by atoms with Crippen LogP contribution >= 0.6 is 0 Å². The zero-order valence-electron chi connectivity index (χ0n) is 14.3. The number of esters is 2. The fourth-order valence-electron chi connectivity index (χ4n) is 4.86. The van der Waals surface area contributed by atoms with Crippen LogP contribution in [0.1, 0.15) is 47.5 Å². The zero-order valence-corrected chi connectivity index (χ0v) is 14.3. The lowest BCUT2D eigenvalue weighted by molar-refractivity contribution is -0.149. The highest BCUT2D eigenvalue weighted by atomic mass is 16.6. The van der Waals surface area contributed by atoms with E-state index in [9.17, 15) is 9.59 Å². The molecule has 1 aliphatic heterocycles. The summed E-state index contributed by atoms with van der Waals surface area (Å²) < 4.78 is 11.5. The summed E-state index contributed by atoms with van der Waals surface area (Å²) in [5.74, 6) is -0.540. The van der Waals surface area contributed by atoms with E-state index in [-0.39, 0.29) is 28.9 Å². The molecule has 0 N–H and O–H groups in total. The van der Waals surface area contributed by atoms with Crippen molar-refractivity contribution < 1.29 is 19.1 Å². The molecule has 1 spiro atoms. The Morgan fingerprint density at radius 2 is 1.96 bits per heavy atom. The van der Waals surface area contributed by atoms with Gasteiger partial charge in [0.15, 0.2) is 0 Å². The van der Waals surface area contributed by atoms with Crippen molar-refractivity contribution in [3.63, 3.8) is 0 Å². The lowest BCUT2D eigenvalue weighted by Gasteiger charge is -2.43. The van der Waals surface area contributed by atoms with E-state index in [0.29, 0.717) is 0 Å². The Hall–Kier alpha value is -1.84. The Bertz CT molecular complexity index is 745. The van der Waals surface area contributed by atoms with Gasteiger partial charge in [0.25, 0.3) is 0 Å². The molecule has 0 amide bonds. The molecule has 4 aliphatic rings. The Morgan fingerprint density at radius 3 is 2.52 bits per heavy atom. The Labute approximate surface area is 136 Å². The summed E-state index contributed by atoms with van der Waals surface area (Å²) in [6.45, 7) is 9.74. The van der Waals surface area contributed by atoms with Crippen molar-refractivity contribution in [1.29, 1.82) is 0 Å². The molecule has 1 saturated carbocycles. The van der Waals surface area contributed by atoms with Crippen LogP contribution in [0.25, 0.3) is 0 Å². The third-order valence-electron chi connectivity index (χ3n) is 6.18. The second kappa shape index (κ2) is 3.97. The van der Waals surface area contributed by atoms with E-state index < -0.39 is 5.60 Å². The van der Waals surface area contributed by atoms with Gasteiger partial charge in [-0.25, -0.2) is 4.79 Å². The predicted molar refractivity (Wildman–Crippen MR) is 84.4 cm³/mol. The van der Waals surface area contributed by atoms with E-state index in [1.807, 2.05) is 6.92 Å². The van der Waals surface area contributed by atoms with Crippen molar-refractivity contribution in [3.8, 4) is 0 Å². The standard InChI is InChI=1S/C19H22O4/c1-10-15-12(9-17(3,4)16(15)22-11(2)20)13-8-14(21)23-18(13,5)19(10)6-7-19/h8-9,16H,6-7H2,1-5H3/t16-,18+/m1/s1. The monoisotopic (exact) mass is 314 g/mol. The molecule has 3 aliphatic carbocycles. The number of fused-ring (bicyclic) bond motifs is 4. The molecule has 0 aromatic heterocycles. The number of carbonyl (C=O) groups excluding carboxylic acids is 2. The number of hydrogen-bond donors (Lipinski definition) is 0. The fraction of sp³-hybridized carbons (Fsp3) is 0.579. The van der Waals surface area contributed by atoms with Crippen molar-refractivity contribution in [2.24, 2.45) is 10.8 Å². The van der Waals surface area contributed by atoms with E-state index >= 15 is 0 Å². The smallest absolute Gasteiger partial charge is 0.332 e. The van der Waals surface area contributed by atoms with Crippen LogP contribution in [0.2, 0.25) is 0 Å². The van der Waals surface area contributed by atoms with E-state index in [1.165, 1.54) is 12.5 Å². The largest absolute Gasteiger partial charge is 0.457 e. The van der Waals surface area contributed by atoms with Gasteiger partial charge >= 0.3 is 11.9 Å². The highest BCUT2D eigenvalue weighted by Crippen LogP contribution is 2.70. The number of ether oxygens (including phenoxy) is 2.